The lowest BCUT2D eigenvalue weighted by Gasteiger charge is -2.23. The normalized spacial score (nSPS) is 11.5. The van der Waals surface area contributed by atoms with Gasteiger partial charge in [0.2, 0.25) is 0 Å². The molecule has 0 aliphatic rings. The van der Waals surface area contributed by atoms with Crippen LogP contribution < -0.4 is 15.9 Å². The monoisotopic (exact) mass is 378 g/mol. The molecule has 0 saturated heterocycles. The first-order valence-electron chi connectivity index (χ1n) is 8.68. The summed E-state index contributed by atoms with van der Waals surface area (Å²) in [5.41, 5.74) is -0.361. The lowest BCUT2D eigenvalue weighted by atomic mass is 10.00. The van der Waals surface area contributed by atoms with Crippen molar-refractivity contribution in [2.75, 3.05) is 0 Å². The Morgan fingerprint density at radius 2 is 1.19 bits per heavy atom. The van der Waals surface area contributed by atoms with Gasteiger partial charge in [0.1, 0.15) is 0 Å². The summed E-state index contributed by atoms with van der Waals surface area (Å²) in [6.45, 7) is 5.92. The van der Waals surface area contributed by atoms with E-state index in [1.165, 1.54) is 27.7 Å². The molecule has 0 aliphatic heterocycles. The summed E-state index contributed by atoms with van der Waals surface area (Å²) in [5, 5.41) is 4.03. The van der Waals surface area contributed by atoms with Gasteiger partial charge in [0.25, 0.3) is 0 Å². The molecule has 3 heteroatoms. The van der Waals surface area contributed by atoms with E-state index in [0.717, 1.165) is 4.90 Å². The number of hydrogen-bond donors (Lipinski definition) is 0. The summed E-state index contributed by atoms with van der Waals surface area (Å²) in [6.07, 6.45) is 0. The minimum atomic E-state index is -0.706. The van der Waals surface area contributed by atoms with Crippen LogP contribution in [0.1, 0.15) is 20.8 Å². The van der Waals surface area contributed by atoms with Gasteiger partial charge in [-0.15, -0.1) is 0 Å². The second-order valence-electron chi connectivity index (χ2n) is 7.11. The van der Waals surface area contributed by atoms with Crippen LogP contribution in [0.4, 0.5) is 0 Å². The second-order valence-corrected chi connectivity index (χ2v) is 10.3. The van der Waals surface area contributed by atoms with Crippen LogP contribution in [-0.4, -0.2) is 5.12 Å². The number of carbonyl (C=O) groups is 1. The molecule has 132 valence electrons. The van der Waals surface area contributed by atoms with Crippen LogP contribution in [0.3, 0.4) is 0 Å². The lowest BCUT2D eigenvalue weighted by Crippen LogP contribution is -2.23. The van der Waals surface area contributed by atoms with Crippen molar-refractivity contribution >= 4 is 40.7 Å². The van der Waals surface area contributed by atoms with E-state index in [4.69, 9.17) is 0 Å². The van der Waals surface area contributed by atoms with Crippen molar-refractivity contribution in [1.82, 2.24) is 0 Å². The molecule has 3 aromatic rings. The van der Waals surface area contributed by atoms with E-state index in [0.29, 0.717) is 0 Å². The average molecular weight is 378 g/mol. The van der Waals surface area contributed by atoms with Crippen molar-refractivity contribution in [3.63, 3.8) is 0 Å². The molecule has 3 rings (SSSR count). The van der Waals surface area contributed by atoms with Gasteiger partial charge in [0.15, 0.2) is 5.12 Å². The Bertz CT molecular complexity index is 830. The Hall–Kier alpha value is -1.89. The van der Waals surface area contributed by atoms with Crippen molar-refractivity contribution in [1.29, 1.82) is 0 Å². The van der Waals surface area contributed by atoms with Crippen molar-refractivity contribution in [3.8, 4) is 0 Å². The molecular formula is C23H23OPS. The third-order valence-corrected chi connectivity index (χ3v) is 7.98. The zero-order valence-electron chi connectivity index (χ0n) is 15.3. The van der Waals surface area contributed by atoms with Crippen molar-refractivity contribution < 1.29 is 4.79 Å². The molecule has 0 heterocycles. The van der Waals surface area contributed by atoms with Gasteiger partial charge in [-0.1, -0.05) is 111 Å². The van der Waals surface area contributed by atoms with Crippen molar-refractivity contribution in [2.45, 2.75) is 25.7 Å². The fourth-order valence-corrected chi connectivity index (χ4v) is 6.12. The third-order valence-electron chi connectivity index (χ3n) is 3.95. The van der Waals surface area contributed by atoms with Crippen LogP contribution in [0.25, 0.3) is 0 Å². The number of thioether (sulfide) groups is 1. The molecule has 0 saturated carbocycles. The summed E-state index contributed by atoms with van der Waals surface area (Å²) in [5.74, 6) is 0. The summed E-state index contributed by atoms with van der Waals surface area (Å²) in [7, 11) is -0.706. The molecule has 0 aromatic heterocycles. The zero-order valence-corrected chi connectivity index (χ0v) is 17.1. The smallest absolute Gasteiger partial charge is 0.199 e. The SMILES string of the molecule is CC(C)(C)C(=O)Sc1ccccc1P(c1ccccc1)c1ccccc1. The molecule has 0 bridgehead atoms. The first-order valence-corrected chi connectivity index (χ1v) is 10.8. The predicted octanol–water partition coefficient (Wildman–Crippen LogP) is 5.11. The van der Waals surface area contributed by atoms with Crippen LogP contribution >= 0.6 is 19.7 Å². The van der Waals surface area contributed by atoms with Crippen LogP contribution in [0.2, 0.25) is 0 Å². The van der Waals surface area contributed by atoms with Gasteiger partial charge in [-0.25, -0.2) is 0 Å². The highest BCUT2D eigenvalue weighted by molar-refractivity contribution is 8.14. The van der Waals surface area contributed by atoms with Gasteiger partial charge in [-0.3, -0.25) is 4.79 Å². The Balaban J connectivity index is 2.10. The molecule has 0 atom stereocenters. The van der Waals surface area contributed by atoms with E-state index >= 15 is 0 Å². The summed E-state index contributed by atoms with van der Waals surface area (Å²) in [6, 6.07) is 29.5. The van der Waals surface area contributed by atoms with Crippen LogP contribution in [0.15, 0.2) is 89.8 Å². The predicted molar refractivity (Wildman–Crippen MR) is 115 cm³/mol. The van der Waals surface area contributed by atoms with E-state index < -0.39 is 7.92 Å². The molecule has 0 radical (unpaired) electrons. The fourth-order valence-electron chi connectivity index (χ4n) is 2.56. The maximum Gasteiger partial charge on any atom is 0.199 e. The Morgan fingerprint density at radius 1 is 0.731 bits per heavy atom. The summed E-state index contributed by atoms with van der Waals surface area (Å²) in [4.78, 5) is 13.7. The van der Waals surface area contributed by atoms with Gasteiger partial charge in [-0.2, -0.15) is 0 Å². The maximum absolute atomic E-state index is 12.7. The Labute approximate surface area is 161 Å². The molecule has 0 fully saturated rings. The largest absolute Gasteiger partial charge is 0.286 e. The van der Waals surface area contributed by atoms with E-state index in [9.17, 15) is 4.79 Å². The molecule has 0 spiro atoms. The first kappa shape index (κ1) is 18.9. The molecule has 0 aliphatic carbocycles. The highest BCUT2D eigenvalue weighted by atomic mass is 32.2. The van der Waals surface area contributed by atoms with E-state index in [-0.39, 0.29) is 10.5 Å². The lowest BCUT2D eigenvalue weighted by molar-refractivity contribution is -0.117. The van der Waals surface area contributed by atoms with Gasteiger partial charge in [0.05, 0.1) is 0 Å². The Morgan fingerprint density at radius 3 is 1.69 bits per heavy atom. The summed E-state index contributed by atoms with van der Waals surface area (Å²) < 4.78 is 0. The van der Waals surface area contributed by atoms with Gasteiger partial charge < -0.3 is 0 Å². The number of rotatable bonds is 4. The second kappa shape index (κ2) is 8.20. The molecule has 0 unspecified atom stereocenters. The quantitative estimate of drug-likeness (QED) is 0.464. The highest BCUT2D eigenvalue weighted by Crippen LogP contribution is 2.38. The Kier molecular flexibility index (Phi) is 5.96. The van der Waals surface area contributed by atoms with Crippen LogP contribution in [0.5, 0.6) is 0 Å². The fraction of sp³-hybridized carbons (Fsp3) is 0.174. The van der Waals surface area contributed by atoms with Gasteiger partial charge in [0, 0.05) is 10.3 Å². The summed E-state index contributed by atoms with van der Waals surface area (Å²) >= 11 is 1.37. The molecule has 0 N–H and O–H groups in total. The molecule has 1 nitrogen and oxygen atoms in total. The van der Waals surface area contributed by atoms with Crippen LogP contribution in [-0.2, 0) is 4.79 Å². The number of hydrogen-bond acceptors (Lipinski definition) is 2. The minimum absolute atomic E-state index is 0.195. The number of carbonyl (C=O) groups excluding carboxylic acids is 1. The molecule has 26 heavy (non-hydrogen) atoms. The maximum atomic E-state index is 12.7. The highest BCUT2D eigenvalue weighted by Gasteiger charge is 2.25. The van der Waals surface area contributed by atoms with E-state index in [1.807, 2.05) is 39.0 Å². The zero-order chi connectivity index (χ0) is 18.6. The molecular weight excluding hydrogens is 355 g/mol. The topological polar surface area (TPSA) is 17.1 Å². The first-order chi connectivity index (χ1) is 12.5. The average Bonchev–Trinajstić information content (AvgIpc) is 2.64. The van der Waals surface area contributed by atoms with E-state index in [1.54, 1.807) is 0 Å². The molecule has 3 aromatic carbocycles. The molecule has 0 amide bonds. The van der Waals surface area contributed by atoms with Crippen molar-refractivity contribution in [3.05, 3.63) is 84.9 Å². The van der Waals surface area contributed by atoms with E-state index in [2.05, 4.69) is 66.7 Å². The minimum Gasteiger partial charge on any atom is -0.286 e. The van der Waals surface area contributed by atoms with Crippen LogP contribution in [0, 0.1) is 5.41 Å². The van der Waals surface area contributed by atoms with Crippen molar-refractivity contribution in [2.24, 2.45) is 5.41 Å². The standard InChI is InChI=1S/C23H23OPS/c1-23(2,3)22(24)26-21-17-11-10-16-20(21)25(18-12-6-4-7-13-18)19-14-8-5-9-15-19/h4-17H,1-3H3. The third kappa shape index (κ3) is 4.44. The van der Waals surface area contributed by atoms with Gasteiger partial charge in [-0.05, 0) is 29.9 Å². The number of benzene rings is 3. The van der Waals surface area contributed by atoms with Gasteiger partial charge >= 0.3 is 0 Å².